The third-order valence-electron chi connectivity index (χ3n) is 1.90. The number of hydrogen-bond donors (Lipinski definition) is 1. The van der Waals surface area contributed by atoms with E-state index in [0.717, 1.165) is 17.5 Å². The summed E-state index contributed by atoms with van der Waals surface area (Å²) >= 11 is 0. The lowest BCUT2D eigenvalue weighted by Gasteiger charge is -2.00. The Morgan fingerprint density at radius 1 is 1.64 bits per heavy atom. The smallest absolute Gasteiger partial charge is 0.354 e. The summed E-state index contributed by atoms with van der Waals surface area (Å²) in [7, 11) is 0. The molecular weight excluding hydrogens is 178 g/mol. The van der Waals surface area contributed by atoms with Crippen LogP contribution in [0.2, 0.25) is 0 Å². The topological polar surface area (TPSA) is 50.2 Å². The van der Waals surface area contributed by atoms with Crippen LogP contribution in [0.15, 0.2) is 18.3 Å². The van der Waals surface area contributed by atoms with Gasteiger partial charge in [-0.2, -0.15) is 0 Å². The fourth-order valence-electron chi connectivity index (χ4n) is 1.08. The van der Waals surface area contributed by atoms with Crippen LogP contribution in [0.3, 0.4) is 0 Å². The number of rotatable bonds is 3. The van der Waals surface area contributed by atoms with Gasteiger partial charge < -0.3 is 5.11 Å². The van der Waals surface area contributed by atoms with Crippen molar-refractivity contribution in [3.63, 3.8) is 0 Å². The first-order chi connectivity index (χ1) is 6.65. The van der Waals surface area contributed by atoms with E-state index in [-0.39, 0.29) is 5.69 Å². The van der Waals surface area contributed by atoms with Crippen LogP contribution in [0.4, 0.5) is 0 Å². The van der Waals surface area contributed by atoms with Crippen LogP contribution in [0, 0.1) is 6.92 Å². The molecule has 3 nitrogen and oxygen atoms in total. The highest BCUT2D eigenvalue weighted by atomic mass is 16.4. The molecule has 0 saturated heterocycles. The normalized spacial score (nSPS) is 10.7. The molecule has 0 spiro atoms. The highest BCUT2D eigenvalue weighted by Crippen LogP contribution is 2.10. The second-order valence-electron chi connectivity index (χ2n) is 3.04. The van der Waals surface area contributed by atoms with Gasteiger partial charge in [-0.15, -0.1) is 0 Å². The second-order valence-corrected chi connectivity index (χ2v) is 3.04. The van der Waals surface area contributed by atoms with Crippen LogP contribution < -0.4 is 0 Å². The van der Waals surface area contributed by atoms with Crippen molar-refractivity contribution in [2.24, 2.45) is 0 Å². The van der Waals surface area contributed by atoms with Gasteiger partial charge in [0.15, 0.2) is 0 Å². The van der Waals surface area contributed by atoms with E-state index in [1.54, 1.807) is 12.3 Å². The third kappa shape index (κ3) is 2.42. The molecule has 1 heterocycles. The van der Waals surface area contributed by atoms with Crippen LogP contribution in [0.25, 0.3) is 6.08 Å². The minimum absolute atomic E-state index is 0.0892. The minimum Gasteiger partial charge on any atom is -0.477 e. The van der Waals surface area contributed by atoms with Gasteiger partial charge >= 0.3 is 5.97 Å². The van der Waals surface area contributed by atoms with E-state index >= 15 is 0 Å². The first kappa shape index (κ1) is 10.4. The van der Waals surface area contributed by atoms with Crippen molar-refractivity contribution in [2.75, 3.05) is 0 Å². The standard InChI is InChI=1S/C11H13NO2/c1-3-4-5-9-6-10(11(13)14)12-7-8(9)2/h4-7H,3H2,1-2H3,(H,13,14)/b5-4-. The highest BCUT2D eigenvalue weighted by molar-refractivity contribution is 5.86. The Morgan fingerprint density at radius 2 is 2.36 bits per heavy atom. The van der Waals surface area contributed by atoms with Gasteiger partial charge in [-0.25, -0.2) is 9.78 Å². The summed E-state index contributed by atoms with van der Waals surface area (Å²) in [6, 6.07) is 1.59. The average Bonchev–Trinajstić information content (AvgIpc) is 2.16. The van der Waals surface area contributed by atoms with Crippen molar-refractivity contribution in [3.05, 3.63) is 35.2 Å². The van der Waals surface area contributed by atoms with Crippen molar-refractivity contribution < 1.29 is 9.90 Å². The van der Waals surface area contributed by atoms with E-state index in [9.17, 15) is 4.79 Å². The average molecular weight is 191 g/mol. The number of aryl methyl sites for hydroxylation is 1. The van der Waals surface area contributed by atoms with E-state index in [0.29, 0.717) is 0 Å². The quantitative estimate of drug-likeness (QED) is 0.798. The molecule has 1 N–H and O–H groups in total. The van der Waals surface area contributed by atoms with E-state index in [1.165, 1.54) is 0 Å². The number of hydrogen-bond acceptors (Lipinski definition) is 2. The van der Waals surface area contributed by atoms with Crippen LogP contribution in [-0.4, -0.2) is 16.1 Å². The molecule has 0 radical (unpaired) electrons. The Bertz CT molecular complexity index is 370. The van der Waals surface area contributed by atoms with Crippen molar-refractivity contribution in [1.29, 1.82) is 0 Å². The summed E-state index contributed by atoms with van der Waals surface area (Å²) in [6.07, 6.45) is 6.43. The zero-order valence-corrected chi connectivity index (χ0v) is 8.32. The number of carbonyl (C=O) groups is 1. The van der Waals surface area contributed by atoms with Crippen LogP contribution in [0.1, 0.15) is 35.0 Å². The zero-order valence-electron chi connectivity index (χ0n) is 8.32. The number of allylic oxidation sites excluding steroid dienone is 1. The van der Waals surface area contributed by atoms with Crippen LogP contribution in [0.5, 0.6) is 0 Å². The summed E-state index contributed by atoms with van der Waals surface area (Å²) in [5, 5.41) is 8.74. The molecule has 3 heteroatoms. The molecule has 0 aliphatic heterocycles. The maximum atomic E-state index is 10.7. The van der Waals surface area contributed by atoms with Crippen molar-refractivity contribution in [3.8, 4) is 0 Å². The zero-order chi connectivity index (χ0) is 10.6. The number of carboxylic acid groups (broad SMARTS) is 1. The van der Waals surface area contributed by atoms with Crippen LogP contribution in [-0.2, 0) is 0 Å². The molecule has 14 heavy (non-hydrogen) atoms. The molecule has 0 aromatic carbocycles. The van der Waals surface area contributed by atoms with E-state index < -0.39 is 5.97 Å². The molecule has 0 atom stereocenters. The maximum absolute atomic E-state index is 10.7. The molecule has 0 bridgehead atoms. The molecule has 1 rings (SSSR count). The summed E-state index contributed by atoms with van der Waals surface area (Å²) in [5.41, 5.74) is 1.99. The molecule has 1 aromatic heterocycles. The molecule has 0 fully saturated rings. The van der Waals surface area contributed by atoms with E-state index in [4.69, 9.17) is 5.11 Å². The predicted molar refractivity (Wildman–Crippen MR) is 55.3 cm³/mol. The van der Waals surface area contributed by atoms with Gasteiger partial charge in [0.1, 0.15) is 5.69 Å². The minimum atomic E-state index is -0.990. The lowest BCUT2D eigenvalue weighted by atomic mass is 10.1. The first-order valence-corrected chi connectivity index (χ1v) is 4.51. The van der Waals surface area contributed by atoms with Gasteiger partial charge in [0.2, 0.25) is 0 Å². The molecule has 0 amide bonds. The number of aromatic carboxylic acids is 1. The molecular formula is C11H13NO2. The highest BCUT2D eigenvalue weighted by Gasteiger charge is 2.05. The first-order valence-electron chi connectivity index (χ1n) is 4.51. The Kier molecular flexibility index (Phi) is 3.40. The van der Waals surface area contributed by atoms with Crippen molar-refractivity contribution >= 4 is 12.0 Å². The lowest BCUT2D eigenvalue weighted by molar-refractivity contribution is 0.0690. The van der Waals surface area contributed by atoms with E-state index in [1.807, 2.05) is 26.0 Å². The van der Waals surface area contributed by atoms with Gasteiger partial charge in [-0.1, -0.05) is 19.1 Å². The Balaban J connectivity index is 3.08. The molecule has 0 aliphatic carbocycles. The predicted octanol–water partition coefficient (Wildman–Crippen LogP) is 2.51. The van der Waals surface area contributed by atoms with Gasteiger partial charge in [-0.05, 0) is 30.5 Å². The Morgan fingerprint density at radius 3 is 2.93 bits per heavy atom. The second kappa shape index (κ2) is 4.56. The summed E-state index contributed by atoms with van der Waals surface area (Å²) in [5.74, 6) is -0.990. The van der Waals surface area contributed by atoms with Gasteiger partial charge in [0, 0.05) is 6.20 Å². The van der Waals surface area contributed by atoms with Crippen molar-refractivity contribution in [1.82, 2.24) is 4.98 Å². The summed E-state index contributed by atoms with van der Waals surface area (Å²) in [4.78, 5) is 14.5. The fourth-order valence-corrected chi connectivity index (χ4v) is 1.08. The molecule has 0 aliphatic rings. The number of carboxylic acids is 1. The maximum Gasteiger partial charge on any atom is 0.354 e. The lowest BCUT2D eigenvalue weighted by Crippen LogP contribution is -2.01. The van der Waals surface area contributed by atoms with Gasteiger partial charge in [-0.3, -0.25) is 0 Å². The number of aromatic nitrogens is 1. The third-order valence-corrected chi connectivity index (χ3v) is 1.90. The monoisotopic (exact) mass is 191 g/mol. The number of nitrogens with zero attached hydrogens (tertiary/aromatic N) is 1. The van der Waals surface area contributed by atoms with Gasteiger partial charge in [0.05, 0.1) is 0 Å². The molecule has 1 aromatic rings. The van der Waals surface area contributed by atoms with E-state index in [2.05, 4.69) is 4.98 Å². The SMILES string of the molecule is CC/C=C\c1cc(C(=O)O)ncc1C. The molecule has 74 valence electrons. The summed E-state index contributed by atoms with van der Waals surface area (Å²) in [6.45, 7) is 3.94. The fraction of sp³-hybridized carbons (Fsp3) is 0.273. The molecule has 0 saturated carbocycles. The Hall–Kier alpha value is -1.64. The Labute approximate surface area is 83.1 Å². The van der Waals surface area contributed by atoms with Crippen LogP contribution >= 0.6 is 0 Å². The largest absolute Gasteiger partial charge is 0.477 e. The van der Waals surface area contributed by atoms with Crippen molar-refractivity contribution in [2.45, 2.75) is 20.3 Å². The summed E-state index contributed by atoms with van der Waals surface area (Å²) < 4.78 is 0. The van der Waals surface area contributed by atoms with Gasteiger partial charge in [0.25, 0.3) is 0 Å². The molecule has 0 unspecified atom stereocenters. The number of pyridine rings is 1.